The number of nitrogens with zero attached hydrogens (tertiary/aromatic N) is 1. The van der Waals surface area contributed by atoms with E-state index < -0.39 is 17.4 Å². The summed E-state index contributed by atoms with van der Waals surface area (Å²) < 4.78 is 4.43. The molecule has 1 nitrogen and oxygen atoms in total. The van der Waals surface area contributed by atoms with Crippen LogP contribution in [0.15, 0.2) is 30.3 Å². The zero-order chi connectivity index (χ0) is 9.68. The predicted molar refractivity (Wildman–Crippen MR) is 60.0 cm³/mol. The number of hydrogen-bond donors (Lipinski definition) is 1. The third-order valence-corrected chi connectivity index (χ3v) is 7.61. The van der Waals surface area contributed by atoms with Crippen molar-refractivity contribution in [1.82, 2.24) is 3.64 Å². The number of thiocarbonyl (C=S) groups is 1. The maximum atomic E-state index is 5.05. The molecule has 0 N–H and O–H groups in total. The Hall–Kier alpha value is 0.0834. The standard InChI is InChI=1S/C6H5.C3H7NS2.Zn/c1-2-4-6-5-3-1;1-2-4-3(5)6;/h1-5H;2H2,1H3,(H2,4,5,6);/q;;+1/p-1. The molecule has 4 heteroatoms. The van der Waals surface area contributed by atoms with Crippen LogP contribution < -0.4 is 4.16 Å². The average molecular weight is 263 g/mol. The van der Waals surface area contributed by atoms with Crippen molar-refractivity contribution in [2.45, 2.75) is 6.92 Å². The zero-order valence-electron chi connectivity index (χ0n) is 7.60. The molecule has 0 aliphatic heterocycles. The molecule has 13 heavy (non-hydrogen) atoms. The third kappa shape index (κ3) is 3.76. The van der Waals surface area contributed by atoms with Gasteiger partial charge in [-0.2, -0.15) is 0 Å². The fourth-order valence-corrected chi connectivity index (χ4v) is 4.78. The van der Waals surface area contributed by atoms with Gasteiger partial charge < -0.3 is 0 Å². The van der Waals surface area contributed by atoms with E-state index in [0.29, 0.717) is 0 Å². The molecule has 0 heterocycles. The molecule has 0 unspecified atom stereocenters. The van der Waals surface area contributed by atoms with E-state index in [0.717, 1.165) is 10.9 Å². The quantitative estimate of drug-likeness (QED) is 0.503. The first-order chi connectivity index (χ1) is 6.24. The summed E-state index contributed by atoms with van der Waals surface area (Å²) in [5, 5.41) is 0. The normalized spacial score (nSPS) is 9.08. The van der Waals surface area contributed by atoms with E-state index in [1.54, 1.807) is 0 Å². The van der Waals surface area contributed by atoms with Crippen LogP contribution >= 0.6 is 24.8 Å². The van der Waals surface area contributed by atoms with Gasteiger partial charge in [-0.05, 0) is 0 Å². The van der Waals surface area contributed by atoms with E-state index in [-0.39, 0.29) is 0 Å². The summed E-state index contributed by atoms with van der Waals surface area (Å²) in [6, 6.07) is 10.6. The second-order valence-corrected chi connectivity index (χ2v) is 7.87. The second-order valence-electron chi connectivity index (χ2n) is 2.78. The van der Waals surface area contributed by atoms with Crippen molar-refractivity contribution in [2.24, 2.45) is 0 Å². The van der Waals surface area contributed by atoms with Crippen molar-refractivity contribution in [3.8, 4) is 0 Å². The van der Waals surface area contributed by atoms with Gasteiger partial charge in [0.15, 0.2) is 0 Å². The van der Waals surface area contributed by atoms with E-state index >= 15 is 0 Å². The van der Waals surface area contributed by atoms with Gasteiger partial charge in [-0.15, -0.1) is 0 Å². The second kappa shape index (κ2) is 5.74. The number of thiol groups is 1. The fraction of sp³-hybridized carbons (Fsp3) is 0.222. The van der Waals surface area contributed by atoms with Crippen LogP contribution in [0.4, 0.5) is 0 Å². The number of benzene rings is 1. The van der Waals surface area contributed by atoms with Crippen LogP contribution in [0, 0.1) is 0 Å². The third-order valence-electron chi connectivity index (χ3n) is 1.87. The first-order valence-electron chi connectivity index (χ1n) is 4.26. The van der Waals surface area contributed by atoms with Gasteiger partial charge in [-0.1, -0.05) is 0 Å². The van der Waals surface area contributed by atoms with E-state index in [1.807, 2.05) is 6.07 Å². The van der Waals surface area contributed by atoms with Crippen molar-refractivity contribution >= 4 is 33.3 Å². The Morgan fingerprint density at radius 1 is 1.46 bits per heavy atom. The first kappa shape index (κ1) is 11.2. The van der Waals surface area contributed by atoms with E-state index in [4.69, 9.17) is 12.2 Å². The topological polar surface area (TPSA) is 3.24 Å². The molecule has 1 aromatic rings. The molecule has 0 aliphatic rings. The van der Waals surface area contributed by atoms with Crippen molar-refractivity contribution in [2.75, 3.05) is 6.54 Å². The van der Waals surface area contributed by atoms with Gasteiger partial charge in [-0.25, -0.2) is 0 Å². The zero-order valence-corrected chi connectivity index (χ0v) is 12.3. The Morgan fingerprint density at radius 2 is 2.08 bits per heavy atom. The van der Waals surface area contributed by atoms with Crippen LogP contribution in [0.2, 0.25) is 0 Å². The van der Waals surface area contributed by atoms with Crippen molar-refractivity contribution < 1.29 is 17.4 Å². The van der Waals surface area contributed by atoms with E-state index in [9.17, 15) is 0 Å². The van der Waals surface area contributed by atoms with Gasteiger partial charge in [-0.3, -0.25) is 0 Å². The van der Waals surface area contributed by atoms with Gasteiger partial charge in [0.25, 0.3) is 0 Å². The molecule has 0 aliphatic carbocycles. The summed E-state index contributed by atoms with van der Waals surface area (Å²) >= 11 is 8.38. The van der Waals surface area contributed by atoms with Gasteiger partial charge in [0.1, 0.15) is 0 Å². The summed E-state index contributed by atoms with van der Waals surface area (Å²) in [6.45, 7) is 3.11. The summed E-state index contributed by atoms with van der Waals surface area (Å²) in [5.74, 6) is 0. The Balaban J connectivity index is 2.62. The van der Waals surface area contributed by atoms with E-state index in [1.165, 1.54) is 4.16 Å². The molecule has 1 aromatic carbocycles. The Labute approximate surface area is 97.8 Å². The number of hydrogen-bond acceptors (Lipinski definition) is 1. The molecule has 0 amide bonds. The molecule has 0 radical (unpaired) electrons. The summed E-state index contributed by atoms with van der Waals surface area (Å²) in [4.78, 5) is 0. The molecule has 0 spiro atoms. The van der Waals surface area contributed by atoms with Crippen LogP contribution in [0.3, 0.4) is 0 Å². The number of rotatable bonds is 3. The van der Waals surface area contributed by atoms with Crippen LogP contribution in [0.1, 0.15) is 6.92 Å². The Morgan fingerprint density at radius 3 is 2.54 bits per heavy atom. The minimum absolute atomic E-state index is 0.742. The summed E-state index contributed by atoms with van der Waals surface area (Å²) in [7, 11) is 0. The van der Waals surface area contributed by atoms with Crippen molar-refractivity contribution in [3.05, 3.63) is 30.3 Å². The Kier molecular flexibility index (Phi) is 4.93. The van der Waals surface area contributed by atoms with Crippen molar-refractivity contribution in [1.29, 1.82) is 0 Å². The van der Waals surface area contributed by atoms with Gasteiger partial charge in [0.2, 0.25) is 0 Å². The summed E-state index contributed by atoms with van der Waals surface area (Å²) in [5.41, 5.74) is 0. The van der Waals surface area contributed by atoms with Gasteiger partial charge >= 0.3 is 98.1 Å². The van der Waals surface area contributed by atoms with Crippen LogP contribution in [0.25, 0.3) is 0 Å². The molecule has 0 bridgehead atoms. The summed E-state index contributed by atoms with van der Waals surface area (Å²) in [6.07, 6.45) is 0. The van der Waals surface area contributed by atoms with Crippen LogP contribution in [-0.4, -0.2) is 14.5 Å². The Bertz CT molecular complexity index is 276. The molecule has 0 fully saturated rings. The SMILES string of the molecule is CC[N]([Zn][c]1ccccc1)C(=S)S. The van der Waals surface area contributed by atoms with Crippen LogP contribution in [-0.2, 0) is 17.4 Å². The van der Waals surface area contributed by atoms with Crippen LogP contribution in [0.5, 0.6) is 0 Å². The molecular formula is C9H11NS2Zn. The minimum atomic E-state index is -0.876. The monoisotopic (exact) mass is 261 g/mol. The average Bonchev–Trinajstić information content (AvgIpc) is 2.15. The predicted octanol–water partition coefficient (Wildman–Crippen LogP) is 1.85. The molecule has 0 saturated heterocycles. The molecule has 0 aromatic heterocycles. The van der Waals surface area contributed by atoms with Gasteiger partial charge in [0.05, 0.1) is 0 Å². The fourth-order valence-electron chi connectivity index (χ4n) is 1.12. The first-order valence-corrected chi connectivity index (χ1v) is 7.92. The molecule has 0 saturated carbocycles. The van der Waals surface area contributed by atoms with E-state index in [2.05, 4.69) is 47.5 Å². The van der Waals surface area contributed by atoms with Gasteiger partial charge in [0, 0.05) is 0 Å². The molecule has 0 atom stereocenters. The maximum absolute atomic E-state index is 5.05. The van der Waals surface area contributed by atoms with Crippen molar-refractivity contribution in [3.63, 3.8) is 0 Å². The molecular weight excluding hydrogens is 252 g/mol. The molecule has 66 valence electrons. The molecule has 1 rings (SSSR count).